The number of aromatic hydroxyl groups is 1. The zero-order valence-electron chi connectivity index (χ0n) is 14.9. The highest BCUT2D eigenvalue weighted by Crippen LogP contribution is 2.36. The maximum absolute atomic E-state index is 12.4. The lowest BCUT2D eigenvalue weighted by molar-refractivity contribution is 0.429. The van der Waals surface area contributed by atoms with Crippen LogP contribution in [-0.2, 0) is 0 Å². The lowest BCUT2D eigenvalue weighted by atomic mass is 10.0. The van der Waals surface area contributed by atoms with Gasteiger partial charge in [0.2, 0.25) is 5.88 Å². The second-order valence-corrected chi connectivity index (χ2v) is 6.44. The molecule has 0 spiro atoms. The number of rotatable bonds is 2. The summed E-state index contributed by atoms with van der Waals surface area (Å²) in [5.41, 5.74) is 3.32. The van der Waals surface area contributed by atoms with Crippen molar-refractivity contribution in [3.8, 4) is 11.6 Å². The van der Waals surface area contributed by atoms with E-state index in [-0.39, 0.29) is 5.56 Å². The number of nitrogens with one attached hydrogen (secondary N) is 1. The summed E-state index contributed by atoms with van der Waals surface area (Å²) >= 11 is 0. The van der Waals surface area contributed by atoms with E-state index in [2.05, 4.69) is 9.98 Å². The first kappa shape index (κ1) is 16.8. The van der Waals surface area contributed by atoms with Crippen molar-refractivity contribution in [2.45, 2.75) is 13.8 Å². The van der Waals surface area contributed by atoms with Crippen molar-refractivity contribution in [2.24, 2.45) is 4.99 Å². The van der Waals surface area contributed by atoms with Crippen LogP contribution in [0.4, 0.5) is 5.69 Å². The Morgan fingerprint density at radius 2 is 1.74 bits per heavy atom. The number of allylic oxidation sites excluding steroid dienone is 1. The summed E-state index contributed by atoms with van der Waals surface area (Å²) in [5, 5.41) is 10.7. The number of hydrogen-bond acceptors (Lipinski definition) is 4. The third kappa shape index (κ3) is 2.81. The number of hydrogen-bond donors (Lipinski definition) is 2. The van der Waals surface area contributed by atoms with Gasteiger partial charge in [-0.1, -0.05) is 35.9 Å². The molecule has 0 aliphatic carbocycles. The fourth-order valence-corrected chi connectivity index (χ4v) is 3.16. The lowest BCUT2D eigenvalue weighted by Crippen LogP contribution is -2.30. The fraction of sp³-hybridized carbons (Fsp3) is 0.0952. The van der Waals surface area contributed by atoms with Crippen LogP contribution in [0.25, 0.3) is 17.3 Å². The van der Waals surface area contributed by atoms with Crippen molar-refractivity contribution in [3.63, 3.8) is 0 Å². The molecule has 0 saturated heterocycles. The number of fused-ring (bicyclic) bond motifs is 1. The number of aryl methyl sites for hydroxylation is 1. The van der Waals surface area contributed by atoms with Gasteiger partial charge in [-0.25, -0.2) is 9.36 Å². The van der Waals surface area contributed by atoms with Gasteiger partial charge in [0.1, 0.15) is 5.56 Å². The van der Waals surface area contributed by atoms with Crippen LogP contribution in [0.3, 0.4) is 0 Å². The van der Waals surface area contributed by atoms with Crippen LogP contribution in [0, 0.1) is 6.92 Å². The summed E-state index contributed by atoms with van der Waals surface area (Å²) in [5.74, 6) is -0.405. The SMILES string of the molecule is CC1=Nc2ccccc2/C1=C/c1c(O)n(-c2ccc(C)cc2)c(=O)[nH]c1=O. The molecule has 0 amide bonds. The molecule has 2 N–H and O–H groups in total. The number of nitrogens with zero attached hydrogens (tertiary/aromatic N) is 2. The molecule has 0 radical (unpaired) electrons. The number of aliphatic imine (C=N–C) groups is 1. The van der Waals surface area contributed by atoms with Gasteiger partial charge in [-0.05, 0) is 38.1 Å². The summed E-state index contributed by atoms with van der Waals surface area (Å²) in [6, 6.07) is 14.6. The molecule has 0 atom stereocenters. The third-order valence-electron chi connectivity index (χ3n) is 4.57. The summed E-state index contributed by atoms with van der Waals surface area (Å²) in [4.78, 5) is 31.5. The van der Waals surface area contributed by atoms with Crippen LogP contribution in [0.15, 0.2) is 63.1 Å². The Labute approximate surface area is 154 Å². The van der Waals surface area contributed by atoms with Gasteiger partial charge >= 0.3 is 5.69 Å². The van der Waals surface area contributed by atoms with Crippen LogP contribution in [-0.4, -0.2) is 20.4 Å². The van der Waals surface area contributed by atoms with E-state index in [0.29, 0.717) is 5.69 Å². The van der Waals surface area contributed by atoms with E-state index < -0.39 is 17.1 Å². The van der Waals surface area contributed by atoms with Crippen LogP contribution in [0.5, 0.6) is 5.88 Å². The Bertz CT molecular complexity index is 1230. The monoisotopic (exact) mass is 359 g/mol. The number of H-pyrrole nitrogens is 1. The molecule has 1 aromatic heterocycles. The molecular weight excluding hydrogens is 342 g/mol. The summed E-state index contributed by atoms with van der Waals surface area (Å²) < 4.78 is 1.08. The van der Waals surface area contributed by atoms with E-state index in [1.165, 1.54) is 0 Å². The molecule has 3 aromatic rings. The maximum Gasteiger partial charge on any atom is 0.335 e. The molecule has 27 heavy (non-hydrogen) atoms. The van der Waals surface area contributed by atoms with E-state index in [1.807, 2.05) is 50.2 Å². The van der Waals surface area contributed by atoms with Crippen LogP contribution in [0.1, 0.15) is 23.6 Å². The molecule has 0 bridgehead atoms. The van der Waals surface area contributed by atoms with Crippen molar-refractivity contribution < 1.29 is 5.11 Å². The second kappa shape index (κ2) is 6.25. The molecule has 0 fully saturated rings. The van der Waals surface area contributed by atoms with Crippen molar-refractivity contribution >= 4 is 23.0 Å². The van der Waals surface area contributed by atoms with E-state index >= 15 is 0 Å². The van der Waals surface area contributed by atoms with Gasteiger partial charge in [-0.15, -0.1) is 0 Å². The second-order valence-electron chi connectivity index (χ2n) is 6.44. The molecule has 4 rings (SSSR count). The zero-order chi connectivity index (χ0) is 19.1. The highest BCUT2D eigenvalue weighted by Gasteiger charge is 2.20. The molecule has 6 nitrogen and oxygen atoms in total. The standard InChI is InChI=1S/C21H17N3O3/c1-12-7-9-14(10-8-12)24-20(26)17(19(25)23-21(24)27)11-16-13(2)22-18-6-4-3-5-15(16)18/h3-11,26H,1-2H3,(H,23,25,27)/b16-11+. The predicted molar refractivity (Wildman–Crippen MR) is 106 cm³/mol. The van der Waals surface area contributed by atoms with Gasteiger partial charge in [-0.2, -0.15) is 0 Å². The maximum atomic E-state index is 12.4. The average molecular weight is 359 g/mol. The van der Waals surface area contributed by atoms with Gasteiger partial charge < -0.3 is 5.11 Å². The number of para-hydroxylation sites is 1. The first-order valence-corrected chi connectivity index (χ1v) is 8.48. The van der Waals surface area contributed by atoms with E-state index in [1.54, 1.807) is 18.2 Å². The van der Waals surface area contributed by atoms with Crippen LogP contribution >= 0.6 is 0 Å². The smallest absolute Gasteiger partial charge is 0.335 e. The van der Waals surface area contributed by atoms with E-state index in [9.17, 15) is 14.7 Å². The minimum Gasteiger partial charge on any atom is -0.494 e. The molecule has 1 aliphatic rings. The molecule has 134 valence electrons. The first-order valence-electron chi connectivity index (χ1n) is 8.48. The van der Waals surface area contributed by atoms with Crippen LogP contribution in [0.2, 0.25) is 0 Å². The highest BCUT2D eigenvalue weighted by atomic mass is 16.3. The molecule has 0 saturated carbocycles. The Kier molecular flexibility index (Phi) is 3.88. The fourth-order valence-electron chi connectivity index (χ4n) is 3.16. The van der Waals surface area contributed by atoms with E-state index in [0.717, 1.165) is 32.7 Å². The quantitative estimate of drug-likeness (QED) is 0.737. The number of benzene rings is 2. The highest BCUT2D eigenvalue weighted by molar-refractivity contribution is 6.31. The third-order valence-corrected chi connectivity index (χ3v) is 4.57. The Morgan fingerprint density at radius 1 is 1.04 bits per heavy atom. The average Bonchev–Trinajstić information content (AvgIpc) is 2.95. The van der Waals surface area contributed by atoms with Gasteiger partial charge in [0.25, 0.3) is 5.56 Å². The molecule has 0 unspecified atom stereocenters. The summed E-state index contributed by atoms with van der Waals surface area (Å²) in [7, 11) is 0. The van der Waals surface area contributed by atoms with Crippen molar-refractivity contribution in [3.05, 3.63) is 86.1 Å². The predicted octanol–water partition coefficient (Wildman–Crippen LogP) is 3.19. The molecule has 1 aliphatic heterocycles. The minimum absolute atomic E-state index is 0.0106. The first-order chi connectivity index (χ1) is 13.0. The topological polar surface area (TPSA) is 87.4 Å². The van der Waals surface area contributed by atoms with Gasteiger partial charge in [0.05, 0.1) is 11.4 Å². The molecule has 2 aromatic carbocycles. The summed E-state index contributed by atoms with van der Waals surface area (Å²) in [6.07, 6.45) is 1.57. The van der Waals surface area contributed by atoms with Crippen molar-refractivity contribution in [1.29, 1.82) is 0 Å². The zero-order valence-corrected chi connectivity index (χ0v) is 14.9. The normalized spacial score (nSPS) is 14.3. The van der Waals surface area contributed by atoms with Crippen molar-refractivity contribution in [1.82, 2.24) is 9.55 Å². The Hall–Kier alpha value is -3.67. The van der Waals surface area contributed by atoms with Crippen LogP contribution < -0.4 is 11.2 Å². The minimum atomic E-state index is -0.694. The van der Waals surface area contributed by atoms with Crippen molar-refractivity contribution in [2.75, 3.05) is 0 Å². The van der Waals surface area contributed by atoms with E-state index in [4.69, 9.17) is 0 Å². The van der Waals surface area contributed by atoms with Gasteiger partial charge in [-0.3, -0.25) is 14.8 Å². The lowest BCUT2D eigenvalue weighted by Gasteiger charge is -2.11. The summed E-state index contributed by atoms with van der Waals surface area (Å²) in [6.45, 7) is 3.77. The van der Waals surface area contributed by atoms with Gasteiger partial charge in [0.15, 0.2) is 0 Å². The molecule has 6 heteroatoms. The number of aromatic nitrogens is 2. The Balaban J connectivity index is 1.94. The molecule has 2 heterocycles. The number of aromatic amines is 1. The molecular formula is C21H17N3O3. The van der Waals surface area contributed by atoms with Gasteiger partial charge in [0, 0.05) is 16.8 Å². The Morgan fingerprint density at radius 3 is 2.48 bits per heavy atom. The largest absolute Gasteiger partial charge is 0.494 e.